The molecule has 24 heavy (non-hydrogen) atoms. The van der Waals surface area contributed by atoms with Crippen molar-refractivity contribution in [3.8, 4) is 5.75 Å². The summed E-state index contributed by atoms with van der Waals surface area (Å²) in [6, 6.07) is 7.79. The first-order valence-electron chi connectivity index (χ1n) is 8.31. The Hall–Kier alpha value is -1.56. The van der Waals surface area contributed by atoms with Crippen molar-refractivity contribution in [3.63, 3.8) is 0 Å². The van der Waals surface area contributed by atoms with Crippen molar-refractivity contribution in [2.45, 2.75) is 25.4 Å². The van der Waals surface area contributed by atoms with Crippen LogP contribution in [0.4, 0.5) is 0 Å². The summed E-state index contributed by atoms with van der Waals surface area (Å²) in [4.78, 5) is 14.6. The molecule has 0 saturated carbocycles. The molecule has 0 aromatic heterocycles. The number of benzene rings is 1. The van der Waals surface area contributed by atoms with Crippen molar-refractivity contribution in [1.29, 1.82) is 0 Å². The summed E-state index contributed by atoms with van der Waals surface area (Å²) in [5.41, 5.74) is 7.17. The lowest BCUT2D eigenvalue weighted by atomic mass is 10.0. The Morgan fingerprint density at radius 2 is 2.04 bits per heavy atom. The summed E-state index contributed by atoms with van der Waals surface area (Å²) in [5, 5.41) is 0. The topological polar surface area (TPSA) is 64.8 Å². The first kappa shape index (κ1) is 18.8. The van der Waals surface area contributed by atoms with Crippen molar-refractivity contribution in [2.24, 2.45) is 5.73 Å². The molecule has 132 valence electrons. The summed E-state index contributed by atoms with van der Waals surface area (Å²) in [6.07, 6.45) is 4.87. The van der Waals surface area contributed by atoms with E-state index >= 15 is 0 Å². The van der Waals surface area contributed by atoms with Crippen LogP contribution < -0.4 is 10.5 Å². The highest BCUT2D eigenvalue weighted by molar-refractivity contribution is 5.99. The lowest BCUT2D eigenvalue weighted by Gasteiger charge is -2.33. The van der Waals surface area contributed by atoms with Gasteiger partial charge in [0.25, 0.3) is 5.91 Å². The van der Waals surface area contributed by atoms with Gasteiger partial charge < -0.3 is 20.1 Å². The van der Waals surface area contributed by atoms with E-state index in [1.807, 2.05) is 35.2 Å². The quantitative estimate of drug-likeness (QED) is 0.825. The van der Waals surface area contributed by atoms with E-state index in [1.54, 1.807) is 0 Å². The number of carbonyl (C=O) groups is 1. The van der Waals surface area contributed by atoms with Crippen LogP contribution >= 0.6 is 12.4 Å². The zero-order valence-electron chi connectivity index (χ0n) is 13.8. The largest absolute Gasteiger partial charge is 0.488 e. The zero-order chi connectivity index (χ0) is 16.1. The number of amides is 1. The second kappa shape index (κ2) is 9.06. The molecule has 3 rings (SSSR count). The van der Waals surface area contributed by atoms with Crippen LogP contribution in [0.25, 0.3) is 6.08 Å². The number of ether oxygens (including phenoxy) is 2. The number of nitrogens with two attached hydrogens (primary N) is 1. The van der Waals surface area contributed by atoms with Crippen LogP contribution in [0.2, 0.25) is 0 Å². The molecule has 1 fully saturated rings. The van der Waals surface area contributed by atoms with Crippen molar-refractivity contribution >= 4 is 24.4 Å². The Morgan fingerprint density at radius 3 is 2.79 bits per heavy atom. The fraction of sp³-hybridized carbons (Fsp3) is 0.500. The van der Waals surface area contributed by atoms with Crippen LogP contribution in [-0.4, -0.2) is 49.8 Å². The molecule has 0 aliphatic carbocycles. The molecule has 0 bridgehead atoms. The minimum Gasteiger partial charge on any atom is -0.488 e. The van der Waals surface area contributed by atoms with E-state index in [-0.39, 0.29) is 24.4 Å². The number of fused-ring (bicyclic) bond motifs is 1. The van der Waals surface area contributed by atoms with Gasteiger partial charge in [0.1, 0.15) is 12.4 Å². The summed E-state index contributed by atoms with van der Waals surface area (Å²) < 4.78 is 11.5. The highest BCUT2D eigenvalue weighted by Crippen LogP contribution is 2.27. The van der Waals surface area contributed by atoms with Gasteiger partial charge in [0.15, 0.2) is 0 Å². The summed E-state index contributed by atoms with van der Waals surface area (Å²) in [5.74, 6) is 0.927. The minimum atomic E-state index is 0. The van der Waals surface area contributed by atoms with Gasteiger partial charge >= 0.3 is 0 Å². The summed E-state index contributed by atoms with van der Waals surface area (Å²) in [7, 11) is 0. The second-order valence-corrected chi connectivity index (χ2v) is 6.00. The number of hydrogen-bond donors (Lipinski definition) is 1. The normalized spacial score (nSPS) is 17.4. The van der Waals surface area contributed by atoms with Crippen LogP contribution in [0.5, 0.6) is 5.75 Å². The van der Waals surface area contributed by atoms with Crippen molar-refractivity contribution < 1.29 is 14.3 Å². The number of likely N-dealkylation sites (tertiary alicyclic amines) is 1. The number of rotatable bonds is 5. The molecule has 0 unspecified atom stereocenters. The number of carbonyl (C=O) groups excluding carboxylic acids is 1. The van der Waals surface area contributed by atoms with E-state index in [0.717, 1.165) is 49.2 Å². The van der Waals surface area contributed by atoms with Crippen LogP contribution in [0.15, 0.2) is 29.8 Å². The summed E-state index contributed by atoms with van der Waals surface area (Å²) in [6.45, 7) is 3.21. The predicted octanol–water partition coefficient (Wildman–Crippen LogP) is 2.24. The first-order valence-corrected chi connectivity index (χ1v) is 8.31. The van der Waals surface area contributed by atoms with Gasteiger partial charge in [-0.15, -0.1) is 12.4 Å². The predicted molar refractivity (Wildman–Crippen MR) is 96.4 cm³/mol. The number of hydrogen-bond acceptors (Lipinski definition) is 4. The maximum atomic E-state index is 12.7. The van der Waals surface area contributed by atoms with Crippen LogP contribution in [0.1, 0.15) is 24.8 Å². The van der Waals surface area contributed by atoms with Crippen molar-refractivity contribution in [2.75, 3.05) is 32.8 Å². The Balaban J connectivity index is 0.00000208. The molecule has 1 aromatic rings. The van der Waals surface area contributed by atoms with E-state index in [0.29, 0.717) is 19.8 Å². The van der Waals surface area contributed by atoms with Gasteiger partial charge in [0.2, 0.25) is 0 Å². The standard InChI is InChI=1S/C18H24N2O3.ClH/c19-8-3-11-22-16-6-9-20(10-7-16)18(21)15-12-14-4-1-2-5-17(14)23-13-15;/h1-2,4-5,12,16H,3,6-11,13,19H2;1H. The van der Waals surface area contributed by atoms with E-state index in [2.05, 4.69) is 0 Å². The number of piperidine rings is 1. The molecular formula is C18H25ClN2O3. The van der Waals surface area contributed by atoms with E-state index in [9.17, 15) is 4.79 Å². The highest BCUT2D eigenvalue weighted by Gasteiger charge is 2.26. The minimum absolute atomic E-state index is 0. The molecule has 0 spiro atoms. The van der Waals surface area contributed by atoms with Crippen molar-refractivity contribution in [1.82, 2.24) is 4.90 Å². The Kier molecular flexibility index (Phi) is 7.09. The fourth-order valence-electron chi connectivity index (χ4n) is 3.00. The van der Waals surface area contributed by atoms with E-state index in [1.165, 1.54) is 0 Å². The molecule has 2 heterocycles. The van der Waals surface area contributed by atoms with Gasteiger partial charge in [-0.3, -0.25) is 4.79 Å². The molecule has 2 aliphatic rings. The first-order chi connectivity index (χ1) is 11.3. The number of para-hydroxylation sites is 1. The van der Waals surface area contributed by atoms with Gasteiger partial charge in [-0.05, 0) is 37.9 Å². The molecular weight excluding hydrogens is 328 g/mol. The third-order valence-corrected chi connectivity index (χ3v) is 4.34. The van der Waals surface area contributed by atoms with Crippen LogP contribution in [0.3, 0.4) is 0 Å². The molecule has 5 nitrogen and oxygen atoms in total. The van der Waals surface area contributed by atoms with Gasteiger partial charge in [-0.2, -0.15) is 0 Å². The average Bonchev–Trinajstić information content (AvgIpc) is 2.61. The maximum absolute atomic E-state index is 12.7. The lowest BCUT2D eigenvalue weighted by molar-refractivity contribution is -0.130. The Morgan fingerprint density at radius 1 is 1.29 bits per heavy atom. The van der Waals surface area contributed by atoms with E-state index in [4.69, 9.17) is 15.2 Å². The molecule has 6 heteroatoms. The molecule has 0 atom stereocenters. The fourth-order valence-corrected chi connectivity index (χ4v) is 3.00. The molecule has 1 saturated heterocycles. The van der Waals surface area contributed by atoms with E-state index < -0.39 is 0 Å². The molecule has 0 radical (unpaired) electrons. The Labute approximate surface area is 149 Å². The van der Waals surface area contributed by atoms with Crippen LogP contribution in [-0.2, 0) is 9.53 Å². The third-order valence-electron chi connectivity index (χ3n) is 4.34. The zero-order valence-corrected chi connectivity index (χ0v) is 14.6. The monoisotopic (exact) mass is 352 g/mol. The van der Waals surface area contributed by atoms with Gasteiger partial charge in [0, 0.05) is 25.3 Å². The molecule has 2 N–H and O–H groups in total. The summed E-state index contributed by atoms with van der Waals surface area (Å²) >= 11 is 0. The van der Waals surface area contributed by atoms with Gasteiger partial charge in [-0.25, -0.2) is 0 Å². The maximum Gasteiger partial charge on any atom is 0.253 e. The molecule has 1 aromatic carbocycles. The smallest absolute Gasteiger partial charge is 0.253 e. The Bertz CT molecular complexity index is 583. The molecule has 1 amide bonds. The third kappa shape index (κ3) is 4.50. The molecule has 2 aliphatic heterocycles. The number of nitrogens with zero attached hydrogens (tertiary/aromatic N) is 1. The van der Waals surface area contributed by atoms with Gasteiger partial charge in [0.05, 0.1) is 11.7 Å². The van der Waals surface area contributed by atoms with Crippen molar-refractivity contribution in [3.05, 3.63) is 35.4 Å². The van der Waals surface area contributed by atoms with Gasteiger partial charge in [-0.1, -0.05) is 18.2 Å². The lowest BCUT2D eigenvalue weighted by Crippen LogP contribution is -2.42. The SMILES string of the molecule is Cl.NCCCOC1CCN(C(=O)C2=Cc3ccccc3OC2)CC1. The average molecular weight is 353 g/mol. The van der Waals surface area contributed by atoms with Crippen LogP contribution in [0, 0.1) is 0 Å². The highest BCUT2D eigenvalue weighted by atomic mass is 35.5. The second-order valence-electron chi connectivity index (χ2n) is 6.00. The number of halogens is 1.